The predicted octanol–water partition coefficient (Wildman–Crippen LogP) is 6.27. The number of hydrogen-bond acceptors (Lipinski definition) is 3. The molecule has 0 N–H and O–H groups in total. The molecule has 0 aliphatic rings. The van der Waals surface area contributed by atoms with Gasteiger partial charge in [0.2, 0.25) is 5.70 Å². The van der Waals surface area contributed by atoms with Crippen molar-refractivity contribution in [2.45, 2.75) is 58.3 Å². The molecule has 0 aromatic carbocycles. The van der Waals surface area contributed by atoms with Gasteiger partial charge in [-0.15, -0.1) is 0 Å². The third-order valence-corrected chi connectivity index (χ3v) is 3.39. The Kier molecular flexibility index (Phi) is 17.0. The number of rotatable bonds is 15. The SMILES string of the molecule is CC/C=C\C/C=C\C/C=C(\C/C=C\C/C=C\C/C=C\CCC=O)[N+](=O)[O-]. The fraction of sp³-hybridized carbons (Fsp3) is 0.409. The van der Waals surface area contributed by atoms with Gasteiger partial charge in [-0.3, -0.25) is 10.1 Å². The monoisotopic (exact) mass is 357 g/mol. The normalized spacial score (nSPS) is 13.2. The molecule has 0 atom stereocenters. The molecule has 4 heteroatoms. The van der Waals surface area contributed by atoms with Gasteiger partial charge in [-0.1, -0.05) is 67.7 Å². The summed E-state index contributed by atoms with van der Waals surface area (Å²) in [7, 11) is 0. The molecule has 0 saturated heterocycles. The van der Waals surface area contributed by atoms with E-state index >= 15 is 0 Å². The van der Waals surface area contributed by atoms with Gasteiger partial charge in [0.25, 0.3) is 0 Å². The highest BCUT2D eigenvalue weighted by molar-refractivity contribution is 5.49. The van der Waals surface area contributed by atoms with E-state index < -0.39 is 0 Å². The molecule has 0 aliphatic heterocycles. The fourth-order valence-corrected chi connectivity index (χ4v) is 2.00. The molecule has 0 radical (unpaired) electrons. The molecule has 0 unspecified atom stereocenters. The van der Waals surface area contributed by atoms with Crippen LogP contribution < -0.4 is 0 Å². The molecular weight excluding hydrogens is 326 g/mol. The highest BCUT2D eigenvalue weighted by Gasteiger charge is 2.06. The lowest BCUT2D eigenvalue weighted by atomic mass is 10.2. The molecule has 142 valence electrons. The van der Waals surface area contributed by atoms with Crippen LogP contribution in [0.5, 0.6) is 0 Å². The van der Waals surface area contributed by atoms with Crippen LogP contribution in [-0.2, 0) is 4.79 Å². The molecule has 4 nitrogen and oxygen atoms in total. The van der Waals surface area contributed by atoms with Gasteiger partial charge < -0.3 is 4.79 Å². The Bertz CT molecular complexity index is 552. The lowest BCUT2D eigenvalue weighted by molar-refractivity contribution is -0.427. The number of nitro groups is 1. The van der Waals surface area contributed by atoms with E-state index in [1.54, 1.807) is 6.08 Å². The van der Waals surface area contributed by atoms with Crippen molar-refractivity contribution in [2.24, 2.45) is 0 Å². The van der Waals surface area contributed by atoms with Crippen LogP contribution in [0.15, 0.2) is 72.5 Å². The molecule has 0 amide bonds. The number of carbonyl (C=O) groups excluding carboxylic acids is 1. The Morgan fingerprint density at radius 3 is 1.88 bits per heavy atom. The number of nitrogens with zero attached hydrogens (tertiary/aromatic N) is 1. The van der Waals surface area contributed by atoms with E-state index in [0.29, 0.717) is 19.3 Å². The number of allylic oxidation sites excluding steroid dienone is 11. The minimum Gasteiger partial charge on any atom is -0.303 e. The summed E-state index contributed by atoms with van der Waals surface area (Å²) in [5, 5.41) is 11.0. The van der Waals surface area contributed by atoms with E-state index in [0.717, 1.165) is 38.4 Å². The third kappa shape index (κ3) is 16.4. The summed E-state index contributed by atoms with van der Waals surface area (Å²) in [6.45, 7) is 2.09. The quantitative estimate of drug-likeness (QED) is 0.114. The predicted molar refractivity (Wildman–Crippen MR) is 109 cm³/mol. The maximum absolute atomic E-state index is 11.0. The van der Waals surface area contributed by atoms with Crippen molar-refractivity contribution < 1.29 is 9.72 Å². The number of aldehydes is 1. The topological polar surface area (TPSA) is 60.2 Å². The first-order chi connectivity index (χ1) is 12.7. The smallest absolute Gasteiger partial charge is 0.246 e. The molecule has 0 aromatic rings. The van der Waals surface area contributed by atoms with Gasteiger partial charge >= 0.3 is 0 Å². The first kappa shape index (κ1) is 23.5. The highest BCUT2D eigenvalue weighted by atomic mass is 16.6. The Hall–Kier alpha value is -2.49. The largest absolute Gasteiger partial charge is 0.303 e. The van der Waals surface area contributed by atoms with E-state index in [1.807, 2.05) is 48.6 Å². The fourth-order valence-electron chi connectivity index (χ4n) is 2.00. The van der Waals surface area contributed by atoms with E-state index in [9.17, 15) is 14.9 Å². The Morgan fingerprint density at radius 2 is 1.31 bits per heavy atom. The molecule has 0 rings (SSSR count). The molecule has 0 saturated carbocycles. The molecule has 0 aliphatic carbocycles. The van der Waals surface area contributed by atoms with Crippen LogP contribution in [0.1, 0.15) is 58.3 Å². The molecule has 0 aromatic heterocycles. The van der Waals surface area contributed by atoms with Crippen LogP contribution in [0.3, 0.4) is 0 Å². The standard InChI is InChI=1S/C22H31NO3/c1-2-3-4-5-10-13-16-19-22(23(25)26)20-17-14-11-8-6-7-9-12-15-18-21-24/h3-4,6,8-10,12-14,17,19,21H,2,5,7,11,15-16,18,20H2,1H3/b4-3-,8-6-,12-9-,13-10-,17-14-,22-19+. The van der Waals surface area contributed by atoms with Crippen molar-refractivity contribution in [1.29, 1.82) is 0 Å². The molecule has 26 heavy (non-hydrogen) atoms. The first-order valence-electron chi connectivity index (χ1n) is 9.24. The van der Waals surface area contributed by atoms with Gasteiger partial charge in [0.05, 0.1) is 11.3 Å². The summed E-state index contributed by atoms with van der Waals surface area (Å²) in [6.07, 6.45) is 28.4. The summed E-state index contributed by atoms with van der Waals surface area (Å²) in [6, 6.07) is 0. The Morgan fingerprint density at radius 1 is 0.769 bits per heavy atom. The van der Waals surface area contributed by atoms with Gasteiger partial charge in [0.15, 0.2) is 0 Å². The lowest BCUT2D eigenvalue weighted by Gasteiger charge is -1.93. The maximum Gasteiger partial charge on any atom is 0.246 e. The van der Waals surface area contributed by atoms with Crippen molar-refractivity contribution in [3.05, 3.63) is 82.6 Å². The maximum atomic E-state index is 11.0. The van der Waals surface area contributed by atoms with Crippen LogP contribution in [0.2, 0.25) is 0 Å². The third-order valence-electron chi connectivity index (χ3n) is 3.39. The molecular formula is C22H31NO3. The first-order valence-corrected chi connectivity index (χ1v) is 9.24. The summed E-state index contributed by atoms with van der Waals surface area (Å²) in [5.41, 5.74) is 0.233. The minimum atomic E-state index is -0.310. The van der Waals surface area contributed by atoms with E-state index in [2.05, 4.69) is 19.1 Å². The molecule has 0 bridgehead atoms. The second-order valence-electron chi connectivity index (χ2n) is 5.61. The van der Waals surface area contributed by atoms with Gasteiger partial charge in [0, 0.05) is 6.42 Å². The zero-order valence-corrected chi connectivity index (χ0v) is 15.8. The van der Waals surface area contributed by atoms with Crippen LogP contribution >= 0.6 is 0 Å². The van der Waals surface area contributed by atoms with Crippen molar-refractivity contribution in [2.75, 3.05) is 0 Å². The van der Waals surface area contributed by atoms with E-state index in [4.69, 9.17) is 0 Å². The van der Waals surface area contributed by atoms with E-state index in [-0.39, 0.29) is 10.6 Å². The Balaban J connectivity index is 4.07. The zero-order chi connectivity index (χ0) is 19.3. The summed E-state index contributed by atoms with van der Waals surface area (Å²) >= 11 is 0. The van der Waals surface area contributed by atoms with Crippen LogP contribution in [0.4, 0.5) is 0 Å². The molecule has 0 fully saturated rings. The lowest BCUT2D eigenvalue weighted by Crippen LogP contribution is -1.97. The minimum absolute atomic E-state index is 0.233. The second-order valence-corrected chi connectivity index (χ2v) is 5.61. The summed E-state index contributed by atoms with van der Waals surface area (Å²) in [5.74, 6) is 0. The number of unbranched alkanes of at least 4 members (excludes halogenated alkanes) is 1. The van der Waals surface area contributed by atoms with Crippen LogP contribution in [-0.4, -0.2) is 11.2 Å². The van der Waals surface area contributed by atoms with Gasteiger partial charge in [-0.25, -0.2) is 0 Å². The zero-order valence-electron chi connectivity index (χ0n) is 15.8. The van der Waals surface area contributed by atoms with Crippen molar-refractivity contribution in [1.82, 2.24) is 0 Å². The Labute approximate surface area is 157 Å². The average molecular weight is 357 g/mol. The van der Waals surface area contributed by atoms with Gasteiger partial charge in [-0.2, -0.15) is 0 Å². The van der Waals surface area contributed by atoms with Crippen LogP contribution in [0, 0.1) is 10.1 Å². The molecule has 0 spiro atoms. The van der Waals surface area contributed by atoms with Crippen molar-refractivity contribution >= 4 is 6.29 Å². The number of carbonyl (C=O) groups is 1. The van der Waals surface area contributed by atoms with Gasteiger partial charge in [0.1, 0.15) is 6.29 Å². The van der Waals surface area contributed by atoms with Crippen LogP contribution in [0.25, 0.3) is 0 Å². The van der Waals surface area contributed by atoms with Gasteiger partial charge in [-0.05, 0) is 44.6 Å². The van der Waals surface area contributed by atoms with E-state index in [1.165, 1.54) is 0 Å². The summed E-state index contributed by atoms with van der Waals surface area (Å²) < 4.78 is 0. The van der Waals surface area contributed by atoms with Crippen molar-refractivity contribution in [3.8, 4) is 0 Å². The number of hydrogen-bond donors (Lipinski definition) is 0. The molecule has 0 heterocycles. The highest BCUT2D eigenvalue weighted by Crippen LogP contribution is 2.06. The second kappa shape index (κ2) is 18.8. The summed E-state index contributed by atoms with van der Waals surface area (Å²) in [4.78, 5) is 20.9. The average Bonchev–Trinajstić information content (AvgIpc) is 2.63. The van der Waals surface area contributed by atoms with Crippen molar-refractivity contribution in [3.63, 3.8) is 0 Å².